The Morgan fingerprint density at radius 1 is 0.917 bits per heavy atom. The second-order valence-electron chi connectivity index (χ2n) is 8.12. The molecule has 9 heteroatoms. The Morgan fingerprint density at radius 3 is 2.36 bits per heavy atom. The second-order valence-corrected chi connectivity index (χ2v) is 10.6. The van der Waals surface area contributed by atoms with Crippen molar-refractivity contribution in [3.8, 4) is 0 Å². The fourth-order valence-electron chi connectivity index (χ4n) is 4.05. The van der Waals surface area contributed by atoms with E-state index in [4.69, 9.17) is 32.4 Å². The van der Waals surface area contributed by atoms with Gasteiger partial charge in [0, 0.05) is 21.2 Å². The summed E-state index contributed by atoms with van der Waals surface area (Å²) in [7, 11) is -4.11. The number of aryl methyl sites for hydroxylation is 1. The highest BCUT2D eigenvalue weighted by molar-refractivity contribution is 7.92. The third-order valence-corrected chi connectivity index (χ3v) is 7.80. The first-order chi connectivity index (χ1) is 17.2. The van der Waals surface area contributed by atoms with E-state index >= 15 is 0 Å². The molecule has 1 N–H and O–H groups in total. The molecule has 0 aliphatic rings. The molecule has 0 amide bonds. The van der Waals surface area contributed by atoms with Crippen LogP contribution in [-0.4, -0.2) is 14.4 Å². The number of hydrogen-bond donors (Lipinski definition) is 1. The van der Waals surface area contributed by atoms with E-state index in [1.807, 2.05) is 30.3 Å². The van der Waals surface area contributed by atoms with Gasteiger partial charge in [-0.25, -0.2) is 13.2 Å². The summed E-state index contributed by atoms with van der Waals surface area (Å²) in [5.41, 5.74) is 1.78. The molecule has 0 fully saturated rings. The van der Waals surface area contributed by atoms with Crippen LogP contribution < -0.4 is 4.72 Å². The highest BCUT2D eigenvalue weighted by Gasteiger charge is 2.25. The molecule has 0 spiro atoms. The van der Waals surface area contributed by atoms with Gasteiger partial charge < -0.3 is 9.15 Å². The lowest BCUT2D eigenvalue weighted by Crippen LogP contribution is -2.14. The van der Waals surface area contributed by atoms with Crippen molar-refractivity contribution in [2.75, 3.05) is 4.72 Å². The lowest BCUT2D eigenvalue weighted by atomic mass is 10.0. The number of carbonyl (C=O) groups excluding carboxylic acids is 1. The van der Waals surface area contributed by atoms with Gasteiger partial charge in [0.15, 0.2) is 0 Å². The van der Waals surface area contributed by atoms with Gasteiger partial charge in [-0.05, 0) is 36.8 Å². The van der Waals surface area contributed by atoms with E-state index in [2.05, 4.69) is 4.72 Å². The van der Waals surface area contributed by atoms with Crippen LogP contribution in [0.5, 0.6) is 0 Å². The van der Waals surface area contributed by atoms with Gasteiger partial charge in [-0.3, -0.25) is 4.72 Å². The van der Waals surface area contributed by atoms with E-state index in [0.29, 0.717) is 27.5 Å². The van der Waals surface area contributed by atoms with Crippen LogP contribution in [0.25, 0.3) is 21.7 Å². The number of halogens is 2. The molecular formula is C27H19Cl2NO5S. The minimum Gasteiger partial charge on any atom is -0.460 e. The quantitative estimate of drug-likeness (QED) is 0.228. The van der Waals surface area contributed by atoms with E-state index in [1.54, 1.807) is 37.3 Å². The highest BCUT2D eigenvalue weighted by Crippen LogP contribution is 2.38. The molecule has 6 nitrogen and oxygen atoms in total. The monoisotopic (exact) mass is 539 g/mol. The Balaban J connectivity index is 1.61. The van der Waals surface area contributed by atoms with Gasteiger partial charge in [-0.1, -0.05) is 77.8 Å². The van der Waals surface area contributed by atoms with Crippen molar-refractivity contribution in [2.45, 2.75) is 18.4 Å². The first-order valence-corrected chi connectivity index (χ1v) is 13.1. The number of anilines is 1. The zero-order chi connectivity index (χ0) is 25.4. The van der Waals surface area contributed by atoms with Crippen molar-refractivity contribution in [1.29, 1.82) is 0 Å². The first kappa shape index (κ1) is 24.2. The van der Waals surface area contributed by atoms with Crippen molar-refractivity contribution < 1.29 is 22.4 Å². The normalized spacial score (nSPS) is 11.6. The largest absolute Gasteiger partial charge is 0.460 e. The molecule has 4 aromatic carbocycles. The zero-order valence-corrected chi connectivity index (χ0v) is 21.2. The summed E-state index contributed by atoms with van der Waals surface area (Å²) in [4.78, 5) is 12.9. The van der Waals surface area contributed by atoms with E-state index in [-0.39, 0.29) is 32.8 Å². The molecule has 0 atom stereocenters. The van der Waals surface area contributed by atoms with Gasteiger partial charge >= 0.3 is 5.97 Å². The van der Waals surface area contributed by atoms with Crippen LogP contribution in [0, 0.1) is 6.92 Å². The van der Waals surface area contributed by atoms with E-state index in [9.17, 15) is 13.2 Å². The highest BCUT2D eigenvalue weighted by atomic mass is 35.5. The van der Waals surface area contributed by atoms with Crippen molar-refractivity contribution in [3.63, 3.8) is 0 Å². The van der Waals surface area contributed by atoms with Crippen molar-refractivity contribution >= 4 is 66.6 Å². The van der Waals surface area contributed by atoms with Crippen molar-refractivity contribution in [2.24, 2.45) is 0 Å². The van der Waals surface area contributed by atoms with Crippen LogP contribution in [0.2, 0.25) is 10.0 Å². The Morgan fingerprint density at radius 2 is 1.61 bits per heavy atom. The summed E-state index contributed by atoms with van der Waals surface area (Å²) in [5.74, 6) is -0.205. The number of ether oxygens (including phenoxy) is 1. The van der Waals surface area contributed by atoms with E-state index in [1.165, 1.54) is 18.2 Å². The molecule has 5 rings (SSSR count). The maximum absolute atomic E-state index is 13.3. The van der Waals surface area contributed by atoms with Crippen LogP contribution in [0.1, 0.15) is 21.7 Å². The molecule has 1 aromatic heterocycles. The van der Waals surface area contributed by atoms with Gasteiger partial charge in [0.2, 0.25) is 0 Å². The Bertz CT molecular complexity index is 1730. The molecule has 0 bridgehead atoms. The number of hydrogen-bond acceptors (Lipinski definition) is 5. The van der Waals surface area contributed by atoms with Gasteiger partial charge in [0.05, 0.1) is 10.7 Å². The SMILES string of the molecule is Cc1oc2c(cc(NS(=O)(=O)c3cc(Cl)ccc3Cl)c3ccccc32)c1C(=O)OCc1ccccc1. The summed E-state index contributed by atoms with van der Waals surface area (Å²) in [6.07, 6.45) is 0. The number of fused-ring (bicyclic) bond motifs is 3. The third-order valence-electron chi connectivity index (χ3n) is 5.72. The standard InChI is InChI=1S/C27H19Cl2NO5S/c1-16-25(27(31)34-15-17-7-3-2-4-8-17)21-14-23(19-9-5-6-10-20(19)26(21)35-16)30-36(32,33)24-13-18(28)11-12-22(24)29/h2-14,30H,15H2,1H3. The fraction of sp³-hybridized carbons (Fsp3) is 0.0741. The summed E-state index contributed by atoms with van der Waals surface area (Å²) >= 11 is 12.2. The number of benzene rings is 4. The summed E-state index contributed by atoms with van der Waals surface area (Å²) < 4.78 is 40.7. The smallest absolute Gasteiger partial charge is 0.342 e. The van der Waals surface area contributed by atoms with Gasteiger partial charge in [-0.2, -0.15) is 0 Å². The number of furan rings is 1. The van der Waals surface area contributed by atoms with Gasteiger partial charge in [0.25, 0.3) is 10.0 Å². The van der Waals surface area contributed by atoms with Crippen LogP contribution >= 0.6 is 23.2 Å². The molecule has 182 valence electrons. The van der Waals surface area contributed by atoms with Crippen molar-refractivity contribution in [1.82, 2.24) is 0 Å². The summed E-state index contributed by atoms with van der Waals surface area (Å²) in [6.45, 7) is 1.76. The van der Waals surface area contributed by atoms with Crippen molar-refractivity contribution in [3.05, 3.63) is 106 Å². The third kappa shape index (κ3) is 4.53. The molecule has 0 unspecified atom stereocenters. The maximum atomic E-state index is 13.3. The van der Waals surface area contributed by atoms with E-state index < -0.39 is 16.0 Å². The second kappa shape index (κ2) is 9.50. The average molecular weight is 540 g/mol. The molecule has 36 heavy (non-hydrogen) atoms. The number of esters is 1. The summed E-state index contributed by atoms with van der Waals surface area (Å²) in [6, 6.07) is 22.2. The molecular weight excluding hydrogens is 521 g/mol. The minimum absolute atomic E-state index is 0.0293. The molecule has 5 aromatic rings. The minimum atomic E-state index is -4.11. The summed E-state index contributed by atoms with van der Waals surface area (Å²) in [5, 5.41) is 1.91. The van der Waals surface area contributed by atoms with Gasteiger partial charge in [-0.15, -0.1) is 0 Å². The molecule has 1 heterocycles. The number of rotatable bonds is 6. The van der Waals surface area contributed by atoms with Gasteiger partial charge in [0.1, 0.15) is 28.4 Å². The molecule has 0 saturated heterocycles. The molecule has 0 saturated carbocycles. The fourth-order valence-corrected chi connectivity index (χ4v) is 5.89. The molecule has 0 aliphatic heterocycles. The Labute approximate surface area is 217 Å². The maximum Gasteiger partial charge on any atom is 0.342 e. The predicted molar refractivity (Wildman–Crippen MR) is 141 cm³/mol. The van der Waals surface area contributed by atoms with Crippen LogP contribution in [-0.2, 0) is 21.4 Å². The topological polar surface area (TPSA) is 85.6 Å². The first-order valence-electron chi connectivity index (χ1n) is 10.9. The lowest BCUT2D eigenvalue weighted by molar-refractivity contribution is 0.0473. The molecule has 0 aliphatic carbocycles. The van der Waals surface area contributed by atoms with Crippen LogP contribution in [0.4, 0.5) is 5.69 Å². The lowest BCUT2D eigenvalue weighted by Gasteiger charge is -2.13. The number of carbonyl (C=O) groups is 1. The van der Waals surface area contributed by atoms with Crippen LogP contribution in [0.15, 0.2) is 88.2 Å². The Kier molecular flexibility index (Phi) is 6.38. The number of nitrogens with one attached hydrogen (secondary N) is 1. The Hall–Kier alpha value is -3.52. The van der Waals surface area contributed by atoms with E-state index in [0.717, 1.165) is 5.56 Å². The average Bonchev–Trinajstić information content (AvgIpc) is 3.20. The van der Waals surface area contributed by atoms with Crippen LogP contribution in [0.3, 0.4) is 0 Å². The zero-order valence-electron chi connectivity index (χ0n) is 18.9. The predicted octanol–water partition coefficient (Wildman–Crippen LogP) is 7.36. The number of sulfonamides is 1. The molecule has 0 radical (unpaired) electrons.